The lowest BCUT2D eigenvalue weighted by Gasteiger charge is -2.41. The maximum absolute atomic E-state index is 13.1. The third kappa shape index (κ3) is 3.94. The zero-order chi connectivity index (χ0) is 18.9. The molecule has 2 heterocycles. The molecule has 0 aromatic heterocycles. The normalized spacial score (nSPS) is 28.2. The van der Waals surface area contributed by atoms with E-state index in [0.29, 0.717) is 36.9 Å². The van der Waals surface area contributed by atoms with Crippen molar-refractivity contribution >= 4 is 21.6 Å². The first-order valence-electron chi connectivity index (χ1n) is 9.44. The van der Waals surface area contributed by atoms with Crippen molar-refractivity contribution < 1.29 is 13.2 Å². The van der Waals surface area contributed by atoms with Crippen LogP contribution in [0.5, 0.6) is 0 Å². The molecule has 0 unspecified atom stereocenters. The Morgan fingerprint density at radius 2 is 1.69 bits per heavy atom. The van der Waals surface area contributed by atoms with Crippen LogP contribution in [0.3, 0.4) is 0 Å². The molecule has 7 heteroatoms. The second kappa shape index (κ2) is 7.66. The molecule has 0 spiro atoms. The molecule has 0 saturated carbocycles. The average molecular weight is 380 g/mol. The third-order valence-corrected chi connectivity index (χ3v) is 7.49. The SMILES string of the molecule is CC(=O)Nc1ccc(S(=O)(=O)N2CCC[C@H](N3[C@H](C)CC[C@@H]3C)C2)cc1. The van der Waals surface area contributed by atoms with Gasteiger partial charge in [0, 0.05) is 43.8 Å². The maximum Gasteiger partial charge on any atom is 0.243 e. The Morgan fingerprint density at radius 3 is 2.27 bits per heavy atom. The summed E-state index contributed by atoms with van der Waals surface area (Å²) in [5.41, 5.74) is 0.604. The predicted octanol–water partition coefficient (Wildman–Crippen LogP) is 2.67. The van der Waals surface area contributed by atoms with E-state index in [1.807, 2.05) is 0 Å². The topological polar surface area (TPSA) is 69.7 Å². The maximum atomic E-state index is 13.1. The van der Waals surface area contributed by atoms with E-state index in [2.05, 4.69) is 24.1 Å². The first-order valence-corrected chi connectivity index (χ1v) is 10.9. The van der Waals surface area contributed by atoms with E-state index in [9.17, 15) is 13.2 Å². The van der Waals surface area contributed by atoms with Crippen molar-refractivity contribution in [3.05, 3.63) is 24.3 Å². The number of likely N-dealkylation sites (tertiary alicyclic amines) is 1. The van der Waals surface area contributed by atoms with Crippen molar-refractivity contribution in [2.45, 2.75) is 69.5 Å². The molecule has 2 aliphatic rings. The van der Waals surface area contributed by atoms with Crippen LogP contribution in [0.2, 0.25) is 0 Å². The molecule has 2 fully saturated rings. The molecule has 1 aromatic carbocycles. The standard InChI is InChI=1S/C19H29N3O3S/c1-14-6-7-15(2)22(14)18-5-4-12-21(13-18)26(24,25)19-10-8-17(9-11-19)20-16(3)23/h8-11,14-15,18H,4-7,12-13H2,1-3H3,(H,20,23)/t14-,15+,18-/m0/s1. The second-order valence-electron chi connectivity index (χ2n) is 7.59. The highest BCUT2D eigenvalue weighted by Gasteiger charge is 2.38. The van der Waals surface area contributed by atoms with E-state index in [1.165, 1.54) is 19.8 Å². The Morgan fingerprint density at radius 1 is 1.08 bits per heavy atom. The molecular formula is C19H29N3O3S. The van der Waals surface area contributed by atoms with E-state index >= 15 is 0 Å². The van der Waals surface area contributed by atoms with Gasteiger partial charge in [0.05, 0.1) is 4.90 Å². The summed E-state index contributed by atoms with van der Waals surface area (Å²) in [5, 5.41) is 2.66. The monoisotopic (exact) mass is 379 g/mol. The Labute approximate surface area is 156 Å². The van der Waals surface area contributed by atoms with Gasteiger partial charge in [-0.25, -0.2) is 8.42 Å². The zero-order valence-corrected chi connectivity index (χ0v) is 16.6. The van der Waals surface area contributed by atoms with Crippen LogP contribution < -0.4 is 5.32 Å². The summed E-state index contributed by atoms with van der Waals surface area (Å²) in [5.74, 6) is -0.173. The number of rotatable bonds is 4. The molecule has 3 rings (SSSR count). The number of piperidine rings is 1. The number of hydrogen-bond donors (Lipinski definition) is 1. The molecule has 1 aromatic rings. The number of nitrogens with zero attached hydrogens (tertiary/aromatic N) is 2. The Bertz CT molecular complexity index is 738. The minimum atomic E-state index is -3.51. The van der Waals surface area contributed by atoms with Crippen molar-refractivity contribution in [2.75, 3.05) is 18.4 Å². The van der Waals surface area contributed by atoms with Gasteiger partial charge in [-0.2, -0.15) is 4.31 Å². The van der Waals surface area contributed by atoms with E-state index in [0.717, 1.165) is 12.8 Å². The van der Waals surface area contributed by atoms with Crippen molar-refractivity contribution in [3.8, 4) is 0 Å². The largest absolute Gasteiger partial charge is 0.326 e. The lowest BCUT2D eigenvalue weighted by atomic mass is 10.0. The fraction of sp³-hybridized carbons (Fsp3) is 0.632. The summed E-state index contributed by atoms with van der Waals surface area (Å²) in [4.78, 5) is 13.9. The first-order chi connectivity index (χ1) is 12.3. The van der Waals surface area contributed by atoms with Gasteiger partial charge in [-0.15, -0.1) is 0 Å². The van der Waals surface area contributed by atoms with Gasteiger partial charge in [0.1, 0.15) is 0 Å². The summed E-state index contributed by atoms with van der Waals surface area (Å²) in [7, 11) is -3.51. The molecule has 1 N–H and O–H groups in total. The van der Waals surface area contributed by atoms with Gasteiger partial charge in [-0.3, -0.25) is 9.69 Å². The fourth-order valence-corrected chi connectivity index (χ4v) is 5.90. The number of anilines is 1. The van der Waals surface area contributed by atoms with Crippen molar-refractivity contribution in [3.63, 3.8) is 0 Å². The molecule has 0 bridgehead atoms. The number of hydrogen-bond acceptors (Lipinski definition) is 4. The smallest absolute Gasteiger partial charge is 0.243 e. The van der Waals surface area contributed by atoms with Gasteiger partial charge in [0.25, 0.3) is 0 Å². The van der Waals surface area contributed by atoms with Gasteiger partial charge in [0.15, 0.2) is 0 Å². The molecule has 3 atom stereocenters. The van der Waals surface area contributed by atoms with Crippen LogP contribution in [0.25, 0.3) is 0 Å². The van der Waals surface area contributed by atoms with Gasteiger partial charge >= 0.3 is 0 Å². The zero-order valence-electron chi connectivity index (χ0n) is 15.8. The van der Waals surface area contributed by atoms with Crippen molar-refractivity contribution in [2.24, 2.45) is 0 Å². The van der Waals surface area contributed by atoms with E-state index in [-0.39, 0.29) is 10.8 Å². The molecule has 0 aliphatic carbocycles. The van der Waals surface area contributed by atoms with Crippen LogP contribution in [0.4, 0.5) is 5.69 Å². The van der Waals surface area contributed by atoms with Crippen molar-refractivity contribution in [1.82, 2.24) is 9.21 Å². The van der Waals surface area contributed by atoms with E-state index < -0.39 is 10.0 Å². The highest BCUT2D eigenvalue weighted by Crippen LogP contribution is 2.31. The van der Waals surface area contributed by atoms with Gasteiger partial charge in [-0.1, -0.05) is 0 Å². The Hall–Kier alpha value is -1.44. The molecule has 0 radical (unpaired) electrons. The quantitative estimate of drug-likeness (QED) is 0.873. The minimum Gasteiger partial charge on any atom is -0.326 e. The van der Waals surface area contributed by atoms with Crippen LogP contribution >= 0.6 is 0 Å². The van der Waals surface area contributed by atoms with Gasteiger partial charge < -0.3 is 5.32 Å². The van der Waals surface area contributed by atoms with E-state index in [4.69, 9.17) is 0 Å². The lowest BCUT2D eigenvalue weighted by Crippen LogP contribution is -2.52. The number of carbonyl (C=O) groups excluding carboxylic acids is 1. The molecule has 2 aliphatic heterocycles. The van der Waals surface area contributed by atoms with Crippen LogP contribution in [0, 0.1) is 0 Å². The van der Waals surface area contributed by atoms with Crippen molar-refractivity contribution in [1.29, 1.82) is 0 Å². The summed E-state index contributed by atoms with van der Waals surface area (Å²) in [6, 6.07) is 7.77. The molecule has 1 amide bonds. The molecule has 26 heavy (non-hydrogen) atoms. The van der Waals surface area contributed by atoms with E-state index in [1.54, 1.807) is 28.6 Å². The second-order valence-corrected chi connectivity index (χ2v) is 9.53. The summed E-state index contributed by atoms with van der Waals surface area (Å²) in [6.45, 7) is 7.06. The molecule has 144 valence electrons. The van der Waals surface area contributed by atoms with Crippen LogP contribution in [0.15, 0.2) is 29.2 Å². The number of amides is 1. The van der Waals surface area contributed by atoms with Crippen LogP contribution in [0.1, 0.15) is 46.5 Å². The lowest BCUT2D eigenvalue weighted by molar-refractivity contribution is -0.114. The van der Waals surface area contributed by atoms with Gasteiger partial charge in [-0.05, 0) is 63.8 Å². The number of carbonyl (C=O) groups is 1. The highest BCUT2D eigenvalue weighted by molar-refractivity contribution is 7.89. The van der Waals surface area contributed by atoms with Gasteiger partial charge in [0.2, 0.25) is 15.9 Å². The molecule has 2 saturated heterocycles. The number of benzene rings is 1. The first kappa shape index (κ1) is 19.3. The Kier molecular flexibility index (Phi) is 5.69. The predicted molar refractivity (Wildman–Crippen MR) is 103 cm³/mol. The third-order valence-electron chi connectivity index (χ3n) is 5.61. The molecule has 6 nitrogen and oxygen atoms in total. The number of sulfonamides is 1. The summed E-state index contributed by atoms with van der Waals surface area (Å²) < 4.78 is 27.8. The summed E-state index contributed by atoms with van der Waals surface area (Å²) >= 11 is 0. The average Bonchev–Trinajstić information content (AvgIpc) is 2.93. The fourth-order valence-electron chi connectivity index (χ4n) is 4.38. The highest BCUT2D eigenvalue weighted by atomic mass is 32.2. The molecular weight excluding hydrogens is 350 g/mol. The summed E-state index contributed by atoms with van der Waals surface area (Å²) in [6.07, 6.45) is 4.33. The number of nitrogens with one attached hydrogen (secondary N) is 1. The van der Waals surface area contributed by atoms with Crippen LogP contribution in [-0.2, 0) is 14.8 Å². The Balaban J connectivity index is 1.75. The minimum absolute atomic E-state index is 0.173. The van der Waals surface area contributed by atoms with Crippen LogP contribution in [-0.4, -0.2) is 54.7 Å².